The van der Waals surface area contributed by atoms with Gasteiger partial charge in [-0.1, -0.05) is 32.4 Å². The highest BCUT2D eigenvalue weighted by Gasteiger charge is 2.15. The van der Waals surface area contributed by atoms with Gasteiger partial charge >= 0.3 is 0 Å². The zero-order valence-corrected chi connectivity index (χ0v) is 11.1. The van der Waals surface area contributed by atoms with Crippen LogP contribution in [0.2, 0.25) is 5.02 Å². The maximum Gasteiger partial charge on any atom is 0.253 e. The first-order chi connectivity index (χ1) is 7.83. The second-order valence-electron chi connectivity index (χ2n) is 5.08. The summed E-state index contributed by atoms with van der Waals surface area (Å²) in [6.45, 7) is 6.73. The lowest BCUT2D eigenvalue weighted by atomic mass is 9.97. The lowest BCUT2D eigenvalue weighted by molar-refractivity contribution is 0.0940. The topological polar surface area (TPSA) is 67.2 Å². The number of halogens is 1. The number of nitrogen functional groups attached to an aromatic ring is 1. The first-order valence-corrected chi connectivity index (χ1v) is 5.75. The Labute approximate surface area is 106 Å². The summed E-state index contributed by atoms with van der Waals surface area (Å²) in [7, 11) is 0. The van der Waals surface area contributed by atoms with Gasteiger partial charge < -0.3 is 10.7 Å². The number of nitrogens with one attached hydrogen (secondary N) is 2. The Balaban J connectivity index is 2.84. The van der Waals surface area contributed by atoms with Crippen LogP contribution in [0, 0.1) is 5.41 Å². The van der Waals surface area contributed by atoms with Crippen LogP contribution < -0.4 is 16.6 Å². The minimum atomic E-state index is -0.185. The Kier molecular flexibility index (Phi) is 4.37. The van der Waals surface area contributed by atoms with Crippen LogP contribution in [-0.2, 0) is 0 Å². The van der Waals surface area contributed by atoms with Crippen LogP contribution in [0.15, 0.2) is 18.2 Å². The van der Waals surface area contributed by atoms with E-state index >= 15 is 0 Å². The molecule has 0 aliphatic heterocycles. The van der Waals surface area contributed by atoms with Gasteiger partial charge in [0.2, 0.25) is 0 Å². The monoisotopic (exact) mass is 255 g/mol. The average Bonchev–Trinajstić information content (AvgIpc) is 2.25. The normalized spacial score (nSPS) is 11.1. The van der Waals surface area contributed by atoms with E-state index in [1.165, 1.54) is 0 Å². The Morgan fingerprint density at radius 3 is 2.59 bits per heavy atom. The molecule has 1 aromatic carbocycles. The number of benzene rings is 1. The average molecular weight is 256 g/mol. The smallest absolute Gasteiger partial charge is 0.253 e. The van der Waals surface area contributed by atoms with Crippen molar-refractivity contribution in [2.45, 2.75) is 20.8 Å². The van der Waals surface area contributed by atoms with Crippen molar-refractivity contribution in [3.8, 4) is 0 Å². The molecule has 94 valence electrons. The molecule has 0 saturated carbocycles. The van der Waals surface area contributed by atoms with Crippen molar-refractivity contribution in [1.82, 2.24) is 5.32 Å². The van der Waals surface area contributed by atoms with E-state index in [9.17, 15) is 4.79 Å². The van der Waals surface area contributed by atoms with Gasteiger partial charge in [0.25, 0.3) is 5.91 Å². The predicted octanol–water partition coefficient (Wildman–Crippen LogP) is 2.40. The van der Waals surface area contributed by atoms with Crippen molar-refractivity contribution in [2.75, 3.05) is 12.0 Å². The van der Waals surface area contributed by atoms with Crippen LogP contribution in [-0.4, -0.2) is 12.5 Å². The van der Waals surface area contributed by atoms with Crippen LogP contribution in [0.1, 0.15) is 31.1 Å². The highest BCUT2D eigenvalue weighted by molar-refractivity contribution is 6.31. The minimum absolute atomic E-state index is 0.0323. The second-order valence-corrected chi connectivity index (χ2v) is 5.51. The third-order valence-electron chi connectivity index (χ3n) is 2.16. The predicted molar refractivity (Wildman–Crippen MR) is 71.1 cm³/mol. The van der Waals surface area contributed by atoms with Crippen LogP contribution in [0.3, 0.4) is 0 Å². The summed E-state index contributed by atoms with van der Waals surface area (Å²) >= 11 is 5.86. The molecule has 0 saturated heterocycles. The van der Waals surface area contributed by atoms with Gasteiger partial charge in [-0.2, -0.15) is 0 Å². The second kappa shape index (κ2) is 5.38. The third kappa shape index (κ3) is 4.24. The number of hydrogen-bond donors (Lipinski definition) is 3. The Bertz CT molecular complexity index is 413. The van der Waals surface area contributed by atoms with E-state index < -0.39 is 0 Å². The molecule has 0 radical (unpaired) electrons. The molecular formula is C12H18ClN3O. The molecule has 0 aromatic heterocycles. The highest BCUT2D eigenvalue weighted by atomic mass is 35.5. The molecule has 0 bridgehead atoms. The SMILES string of the molecule is CC(C)(C)CNC(=O)c1cc(Cl)ccc1NN. The van der Waals surface area contributed by atoms with Gasteiger partial charge in [0.1, 0.15) is 0 Å². The van der Waals surface area contributed by atoms with E-state index in [1.807, 2.05) is 20.8 Å². The largest absolute Gasteiger partial charge is 0.351 e. The molecule has 17 heavy (non-hydrogen) atoms. The first kappa shape index (κ1) is 13.8. The lowest BCUT2D eigenvalue weighted by Crippen LogP contribution is -2.32. The summed E-state index contributed by atoms with van der Waals surface area (Å²) in [6, 6.07) is 4.94. The highest BCUT2D eigenvalue weighted by Crippen LogP contribution is 2.20. The zero-order chi connectivity index (χ0) is 13.1. The molecular weight excluding hydrogens is 238 g/mol. The van der Waals surface area contributed by atoms with Gasteiger partial charge in [-0.25, -0.2) is 0 Å². The molecule has 1 amide bonds. The minimum Gasteiger partial charge on any atom is -0.351 e. The van der Waals surface area contributed by atoms with Crippen LogP contribution in [0.4, 0.5) is 5.69 Å². The quantitative estimate of drug-likeness (QED) is 0.574. The summed E-state index contributed by atoms with van der Waals surface area (Å²) in [5.41, 5.74) is 3.52. The first-order valence-electron chi connectivity index (χ1n) is 5.38. The van der Waals surface area contributed by atoms with E-state index in [1.54, 1.807) is 18.2 Å². The summed E-state index contributed by atoms with van der Waals surface area (Å²) in [5, 5.41) is 3.35. The maximum atomic E-state index is 12.0. The molecule has 1 aromatic rings. The number of carbonyl (C=O) groups is 1. The fraction of sp³-hybridized carbons (Fsp3) is 0.417. The van der Waals surface area contributed by atoms with E-state index in [0.717, 1.165) is 0 Å². The van der Waals surface area contributed by atoms with Gasteiger partial charge in [-0.3, -0.25) is 10.6 Å². The van der Waals surface area contributed by atoms with Crippen LogP contribution >= 0.6 is 11.6 Å². The molecule has 0 fully saturated rings. The van der Waals surface area contributed by atoms with E-state index in [4.69, 9.17) is 17.4 Å². The lowest BCUT2D eigenvalue weighted by Gasteiger charge is -2.19. The Morgan fingerprint density at radius 1 is 1.41 bits per heavy atom. The summed E-state index contributed by atoms with van der Waals surface area (Å²) < 4.78 is 0. The van der Waals surface area contributed by atoms with E-state index in [0.29, 0.717) is 22.8 Å². The molecule has 0 unspecified atom stereocenters. The Morgan fingerprint density at radius 2 is 2.06 bits per heavy atom. The number of rotatable bonds is 3. The molecule has 4 N–H and O–H groups in total. The molecule has 5 heteroatoms. The standard InChI is InChI=1S/C12H18ClN3O/c1-12(2,3)7-15-11(17)9-6-8(13)4-5-10(9)16-14/h4-6,16H,7,14H2,1-3H3,(H,15,17). The molecule has 1 rings (SSSR count). The number of amides is 1. The van der Waals surface area contributed by atoms with Crippen molar-refractivity contribution < 1.29 is 4.79 Å². The van der Waals surface area contributed by atoms with Crippen molar-refractivity contribution in [3.63, 3.8) is 0 Å². The number of carbonyl (C=O) groups excluding carboxylic acids is 1. The molecule has 0 heterocycles. The summed E-state index contributed by atoms with van der Waals surface area (Å²) in [5.74, 6) is 5.16. The van der Waals surface area contributed by atoms with Gasteiger partial charge in [0, 0.05) is 11.6 Å². The number of anilines is 1. The van der Waals surface area contributed by atoms with Crippen molar-refractivity contribution in [2.24, 2.45) is 11.3 Å². The fourth-order valence-electron chi connectivity index (χ4n) is 1.27. The van der Waals surface area contributed by atoms with Gasteiger partial charge in [-0.15, -0.1) is 0 Å². The van der Waals surface area contributed by atoms with E-state index in [-0.39, 0.29) is 11.3 Å². The summed E-state index contributed by atoms with van der Waals surface area (Å²) in [4.78, 5) is 12.0. The van der Waals surface area contributed by atoms with E-state index in [2.05, 4.69) is 10.7 Å². The van der Waals surface area contributed by atoms with Crippen molar-refractivity contribution in [3.05, 3.63) is 28.8 Å². The zero-order valence-electron chi connectivity index (χ0n) is 10.3. The van der Waals surface area contributed by atoms with Crippen molar-refractivity contribution >= 4 is 23.2 Å². The van der Waals surface area contributed by atoms with Crippen LogP contribution in [0.5, 0.6) is 0 Å². The van der Waals surface area contributed by atoms with Gasteiger partial charge in [-0.05, 0) is 23.6 Å². The number of hydrogen-bond acceptors (Lipinski definition) is 3. The van der Waals surface area contributed by atoms with Crippen molar-refractivity contribution in [1.29, 1.82) is 0 Å². The molecule has 0 aliphatic carbocycles. The van der Waals surface area contributed by atoms with Gasteiger partial charge in [0.15, 0.2) is 0 Å². The number of hydrazine groups is 1. The molecule has 4 nitrogen and oxygen atoms in total. The fourth-order valence-corrected chi connectivity index (χ4v) is 1.44. The molecule has 0 aliphatic rings. The van der Waals surface area contributed by atoms with Gasteiger partial charge in [0.05, 0.1) is 11.3 Å². The molecule has 0 atom stereocenters. The maximum absolute atomic E-state index is 12.0. The Hall–Kier alpha value is -1.26. The molecule has 0 spiro atoms. The third-order valence-corrected chi connectivity index (χ3v) is 2.40. The number of nitrogens with two attached hydrogens (primary N) is 1. The summed E-state index contributed by atoms with van der Waals surface area (Å²) in [6.07, 6.45) is 0. The van der Waals surface area contributed by atoms with Crippen LogP contribution in [0.25, 0.3) is 0 Å².